The van der Waals surface area contributed by atoms with Crippen LogP contribution in [0.25, 0.3) is 0 Å². The fourth-order valence-electron chi connectivity index (χ4n) is 2.46. The van der Waals surface area contributed by atoms with E-state index < -0.39 is 0 Å². The van der Waals surface area contributed by atoms with Crippen LogP contribution in [-0.2, 0) is 14.3 Å². The second-order valence-corrected chi connectivity index (χ2v) is 6.78. The molecule has 0 fully saturated rings. The molecular formula is C19H30N2O3. The van der Waals surface area contributed by atoms with Gasteiger partial charge < -0.3 is 10.1 Å². The number of carbonyl (C=O) groups is 2. The van der Waals surface area contributed by atoms with Gasteiger partial charge in [0.1, 0.15) is 0 Å². The number of carbonyl (C=O) groups excluding carboxylic acids is 2. The van der Waals surface area contributed by atoms with Crippen LogP contribution in [0.3, 0.4) is 0 Å². The zero-order valence-corrected chi connectivity index (χ0v) is 15.5. The summed E-state index contributed by atoms with van der Waals surface area (Å²) in [4.78, 5) is 25.6. The largest absolute Gasteiger partial charge is 0.469 e. The lowest BCUT2D eigenvalue weighted by atomic mass is 10.0. The number of esters is 1. The first kappa shape index (κ1) is 20.2. The van der Waals surface area contributed by atoms with Crippen LogP contribution >= 0.6 is 0 Å². The smallest absolute Gasteiger partial charge is 0.306 e. The summed E-state index contributed by atoms with van der Waals surface area (Å²) in [5.74, 6) is 0.557. The molecule has 0 atom stereocenters. The van der Waals surface area contributed by atoms with Gasteiger partial charge in [-0.1, -0.05) is 39.8 Å². The van der Waals surface area contributed by atoms with E-state index in [-0.39, 0.29) is 18.4 Å². The van der Waals surface area contributed by atoms with Crippen molar-refractivity contribution in [1.29, 1.82) is 0 Å². The van der Waals surface area contributed by atoms with Gasteiger partial charge in [-0.3, -0.25) is 14.5 Å². The molecule has 1 rings (SSSR count). The Balaban J connectivity index is 2.58. The number of rotatable bonds is 9. The van der Waals surface area contributed by atoms with Crippen LogP contribution in [0.15, 0.2) is 24.3 Å². The maximum absolute atomic E-state index is 12.3. The van der Waals surface area contributed by atoms with Gasteiger partial charge >= 0.3 is 5.97 Å². The maximum atomic E-state index is 12.3. The molecule has 0 unspecified atom stereocenters. The molecule has 0 saturated heterocycles. The molecule has 1 aromatic rings. The second kappa shape index (κ2) is 10.1. The van der Waals surface area contributed by atoms with Crippen LogP contribution < -0.4 is 5.32 Å². The van der Waals surface area contributed by atoms with Crippen LogP contribution in [0.1, 0.15) is 45.6 Å². The van der Waals surface area contributed by atoms with Crippen molar-refractivity contribution in [3.8, 4) is 0 Å². The fraction of sp³-hybridized carbons (Fsp3) is 0.579. The highest BCUT2D eigenvalue weighted by Gasteiger charge is 2.14. The predicted octanol–water partition coefficient (Wildman–Crippen LogP) is 3.27. The molecule has 0 saturated carbocycles. The number of benzene rings is 1. The lowest BCUT2D eigenvalue weighted by molar-refractivity contribution is -0.141. The summed E-state index contributed by atoms with van der Waals surface area (Å²) in [5.41, 5.74) is 2.04. The van der Waals surface area contributed by atoms with E-state index in [0.29, 0.717) is 24.8 Å². The molecule has 24 heavy (non-hydrogen) atoms. The zero-order valence-electron chi connectivity index (χ0n) is 15.5. The molecule has 0 radical (unpaired) electrons. The minimum atomic E-state index is -0.256. The highest BCUT2D eigenvalue weighted by molar-refractivity contribution is 5.92. The third-order valence-corrected chi connectivity index (χ3v) is 3.71. The summed E-state index contributed by atoms with van der Waals surface area (Å²) in [6, 6.07) is 7.91. The van der Waals surface area contributed by atoms with Gasteiger partial charge in [-0.2, -0.15) is 0 Å². The highest BCUT2D eigenvalue weighted by Crippen LogP contribution is 2.17. The molecule has 0 aliphatic heterocycles. The first-order valence-corrected chi connectivity index (χ1v) is 8.50. The molecule has 134 valence electrons. The Morgan fingerprint density at radius 2 is 1.75 bits per heavy atom. The molecule has 0 aromatic heterocycles. The summed E-state index contributed by atoms with van der Waals surface area (Å²) >= 11 is 0. The van der Waals surface area contributed by atoms with Crippen LogP contribution in [0.4, 0.5) is 5.69 Å². The number of anilines is 1. The molecule has 0 heterocycles. The minimum Gasteiger partial charge on any atom is -0.469 e. The molecule has 1 aromatic carbocycles. The highest BCUT2D eigenvalue weighted by atomic mass is 16.5. The number of ether oxygens (including phenoxy) is 1. The van der Waals surface area contributed by atoms with E-state index in [9.17, 15) is 9.59 Å². The molecule has 0 bridgehead atoms. The van der Waals surface area contributed by atoms with Gasteiger partial charge in [-0.15, -0.1) is 0 Å². The second-order valence-electron chi connectivity index (χ2n) is 6.78. The minimum absolute atomic E-state index is 0.0715. The molecule has 0 aliphatic rings. The number of nitrogens with one attached hydrogen (secondary N) is 1. The first-order chi connectivity index (χ1) is 11.3. The molecule has 0 spiro atoms. The first-order valence-electron chi connectivity index (χ1n) is 8.50. The maximum Gasteiger partial charge on any atom is 0.306 e. The van der Waals surface area contributed by atoms with Gasteiger partial charge in [0, 0.05) is 18.8 Å². The van der Waals surface area contributed by atoms with Crippen molar-refractivity contribution in [3.63, 3.8) is 0 Å². The quantitative estimate of drug-likeness (QED) is 0.704. The summed E-state index contributed by atoms with van der Waals surface area (Å²) < 4.78 is 4.67. The van der Waals surface area contributed by atoms with E-state index in [1.54, 1.807) is 0 Å². The summed E-state index contributed by atoms with van der Waals surface area (Å²) in [7, 11) is 1.38. The number of amides is 1. The van der Waals surface area contributed by atoms with E-state index in [2.05, 4.69) is 37.7 Å². The van der Waals surface area contributed by atoms with Crippen LogP contribution in [0.2, 0.25) is 0 Å². The SMILES string of the molecule is COC(=O)CCN(CC(=O)Nc1ccc(C(C)C)cc1)CC(C)C. The Kier molecular flexibility index (Phi) is 8.47. The zero-order chi connectivity index (χ0) is 18.1. The average Bonchev–Trinajstić information content (AvgIpc) is 2.52. The van der Waals surface area contributed by atoms with E-state index in [1.807, 2.05) is 29.2 Å². The monoisotopic (exact) mass is 334 g/mol. The van der Waals surface area contributed by atoms with Crippen LogP contribution in [0.5, 0.6) is 0 Å². The predicted molar refractivity (Wildman–Crippen MR) is 97.1 cm³/mol. The van der Waals surface area contributed by atoms with Crippen molar-refractivity contribution in [1.82, 2.24) is 4.90 Å². The Labute approximate surface area is 145 Å². The summed E-state index contributed by atoms with van der Waals surface area (Å²) in [5, 5.41) is 2.92. The fourth-order valence-corrected chi connectivity index (χ4v) is 2.46. The van der Waals surface area contributed by atoms with Gasteiger partial charge in [0.2, 0.25) is 5.91 Å². The Hall–Kier alpha value is -1.88. The van der Waals surface area contributed by atoms with Gasteiger partial charge in [0.05, 0.1) is 20.1 Å². The van der Waals surface area contributed by atoms with Gasteiger partial charge in [-0.25, -0.2) is 0 Å². The molecule has 5 heteroatoms. The van der Waals surface area contributed by atoms with Gasteiger partial charge in [-0.05, 0) is 29.5 Å². The Morgan fingerprint density at radius 1 is 1.12 bits per heavy atom. The summed E-state index contributed by atoms with van der Waals surface area (Å²) in [6.45, 7) is 10.0. The standard InChI is InChI=1S/C19H30N2O3/c1-14(2)12-21(11-10-19(23)24-5)13-18(22)20-17-8-6-16(7-9-17)15(3)4/h6-9,14-15H,10-13H2,1-5H3,(H,20,22). The van der Waals surface area contributed by atoms with E-state index >= 15 is 0 Å². The third-order valence-electron chi connectivity index (χ3n) is 3.71. The lowest BCUT2D eigenvalue weighted by Crippen LogP contribution is -2.37. The van der Waals surface area contributed by atoms with Gasteiger partial charge in [0.15, 0.2) is 0 Å². The lowest BCUT2D eigenvalue weighted by Gasteiger charge is -2.23. The van der Waals surface area contributed by atoms with Crippen LogP contribution in [0, 0.1) is 5.92 Å². The van der Waals surface area contributed by atoms with Gasteiger partial charge in [0.25, 0.3) is 0 Å². The molecule has 5 nitrogen and oxygen atoms in total. The molecular weight excluding hydrogens is 304 g/mol. The Bertz CT molecular complexity index is 524. The molecule has 1 N–H and O–H groups in total. The van der Waals surface area contributed by atoms with Crippen molar-refractivity contribution in [2.45, 2.75) is 40.0 Å². The van der Waals surface area contributed by atoms with E-state index in [4.69, 9.17) is 0 Å². The number of hydrogen-bond acceptors (Lipinski definition) is 4. The van der Waals surface area contributed by atoms with Crippen LogP contribution in [-0.4, -0.2) is 43.5 Å². The van der Waals surface area contributed by atoms with E-state index in [1.165, 1.54) is 12.7 Å². The number of methoxy groups -OCH3 is 1. The average molecular weight is 334 g/mol. The van der Waals surface area contributed by atoms with Crippen molar-refractivity contribution >= 4 is 17.6 Å². The molecule has 0 aliphatic carbocycles. The number of hydrogen-bond donors (Lipinski definition) is 1. The Morgan fingerprint density at radius 3 is 2.25 bits per heavy atom. The third kappa shape index (κ3) is 7.59. The van der Waals surface area contributed by atoms with Crippen molar-refractivity contribution in [2.24, 2.45) is 5.92 Å². The molecule has 1 amide bonds. The normalized spacial score (nSPS) is 11.2. The van der Waals surface area contributed by atoms with Crippen molar-refractivity contribution < 1.29 is 14.3 Å². The topological polar surface area (TPSA) is 58.6 Å². The van der Waals surface area contributed by atoms with Crippen molar-refractivity contribution in [2.75, 3.05) is 32.1 Å². The summed E-state index contributed by atoms with van der Waals surface area (Å²) in [6.07, 6.45) is 0.291. The van der Waals surface area contributed by atoms with E-state index in [0.717, 1.165) is 12.2 Å². The van der Waals surface area contributed by atoms with Crippen molar-refractivity contribution in [3.05, 3.63) is 29.8 Å². The number of nitrogens with zero attached hydrogens (tertiary/aromatic N) is 1.